The van der Waals surface area contributed by atoms with Gasteiger partial charge in [-0.3, -0.25) is 24.8 Å². The first-order valence-corrected chi connectivity index (χ1v) is 29.7. The number of benzene rings is 2. The predicted octanol–water partition coefficient (Wildman–Crippen LogP) is 6.74. The minimum atomic E-state index is -5.19. The van der Waals surface area contributed by atoms with E-state index in [1.165, 1.54) is 6.20 Å². The molecule has 6 fully saturated rings. The molecular weight excluding hydrogens is 1180 g/mol. The molecule has 8 heterocycles. The molecule has 2 aromatic heterocycles. The summed E-state index contributed by atoms with van der Waals surface area (Å²) in [4.78, 5) is 72.7. The molecule has 4 aromatic rings. The number of carbonyl (C=O) groups is 4. The number of amides is 4. The molecule has 5 unspecified atom stereocenters. The van der Waals surface area contributed by atoms with Gasteiger partial charge in [-0.1, -0.05) is 24.3 Å². The predicted molar refractivity (Wildman–Crippen MR) is 309 cm³/mol. The van der Waals surface area contributed by atoms with Crippen LogP contribution in [0.25, 0.3) is 22.3 Å². The Balaban J connectivity index is 0.924. The van der Waals surface area contributed by atoms with Crippen LogP contribution in [0.1, 0.15) is 64.5 Å². The number of piperazine rings is 2. The largest absolute Gasteiger partial charge is 0.453 e. The number of hydrogen-bond donors (Lipinski definition) is 5. The highest BCUT2D eigenvalue weighted by Gasteiger charge is 2.58. The number of anilines is 2. The average Bonchev–Trinajstić information content (AvgIpc) is 1.96. The molecule has 4 amide bonds. The lowest BCUT2D eigenvalue weighted by Crippen LogP contribution is -2.63. The van der Waals surface area contributed by atoms with E-state index in [9.17, 15) is 50.6 Å². The zero-order valence-corrected chi connectivity index (χ0v) is 50.2. The third-order valence-electron chi connectivity index (χ3n) is 18.7. The van der Waals surface area contributed by atoms with Crippen molar-refractivity contribution in [2.75, 3.05) is 83.2 Å². The third kappa shape index (κ3) is 13.9. The number of ether oxygens (including phenoxy) is 4. The monoisotopic (exact) mass is 1260 g/mol. The normalized spacial score (nSPS) is 22.4. The third-order valence-corrected chi connectivity index (χ3v) is 18.7. The minimum absolute atomic E-state index is 0.0394. The summed E-state index contributed by atoms with van der Waals surface area (Å²) < 4.78 is 142. The van der Waals surface area contributed by atoms with Gasteiger partial charge in [-0.2, -0.15) is 26.3 Å². The lowest BCUT2D eigenvalue weighted by Gasteiger charge is -2.48. The maximum atomic E-state index is 16.6. The number of fused-ring (bicyclic) bond motifs is 4. The summed E-state index contributed by atoms with van der Waals surface area (Å²) in [6.45, 7) is 6.44. The molecule has 4 bridgehead atoms. The summed E-state index contributed by atoms with van der Waals surface area (Å²) in [5.74, 6) is -4.04. The van der Waals surface area contributed by atoms with Crippen LogP contribution in [0, 0.1) is 22.5 Å². The Kier molecular flexibility index (Phi) is 19.0. The number of halogens is 8. The van der Waals surface area contributed by atoms with E-state index in [2.05, 4.69) is 44.8 Å². The van der Waals surface area contributed by atoms with Gasteiger partial charge in [-0.05, 0) is 113 Å². The molecule has 0 saturated carbocycles. The van der Waals surface area contributed by atoms with Crippen molar-refractivity contribution in [3.05, 3.63) is 95.8 Å². The number of alkyl halides is 6. The average molecular weight is 1260 g/mol. The molecular formula is C61H75F8N11O9. The fourth-order valence-corrected chi connectivity index (χ4v) is 13.0. The van der Waals surface area contributed by atoms with Crippen molar-refractivity contribution in [3.63, 3.8) is 0 Å². The van der Waals surface area contributed by atoms with E-state index in [4.69, 9.17) is 14.5 Å². The molecule has 6 aliphatic rings. The van der Waals surface area contributed by atoms with Gasteiger partial charge >= 0.3 is 24.5 Å². The summed E-state index contributed by atoms with van der Waals surface area (Å²) >= 11 is 0. The van der Waals surface area contributed by atoms with Crippen LogP contribution in [-0.2, 0) is 41.5 Å². The molecule has 6 aliphatic heterocycles. The summed E-state index contributed by atoms with van der Waals surface area (Å²) in [6, 6.07) is 11.4. The first kappa shape index (κ1) is 65.0. The Morgan fingerprint density at radius 3 is 1.40 bits per heavy atom. The number of carbonyl (C=O) groups excluding carboxylic acids is 4. The van der Waals surface area contributed by atoms with E-state index in [1.54, 1.807) is 42.6 Å². The number of aromatic nitrogens is 2. The lowest BCUT2D eigenvalue weighted by molar-refractivity contribution is -0.221. The van der Waals surface area contributed by atoms with E-state index < -0.39 is 108 Å². The van der Waals surface area contributed by atoms with E-state index in [0.29, 0.717) is 105 Å². The number of methoxy groups -OCH3 is 2. The molecule has 2 aromatic carbocycles. The highest BCUT2D eigenvalue weighted by Crippen LogP contribution is 2.43. The second-order valence-electron chi connectivity index (χ2n) is 25.1. The van der Waals surface area contributed by atoms with Gasteiger partial charge in [0.05, 0.1) is 75.7 Å². The highest BCUT2D eigenvalue weighted by molar-refractivity contribution is 5.87. The van der Waals surface area contributed by atoms with Gasteiger partial charge in [0.2, 0.25) is 5.91 Å². The van der Waals surface area contributed by atoms with Crippen molar-refractivity contribution in [3.8, 4) is 22.3 Å². The number of nitrogens with one attached hydrogen (secondary N) is 4. The van der Waals surface area contributed by atoms with Crippen LogP contribution in [0.2, 0.25) is 0 Å². The Morgan fingerprint density at radius 2 is 1.02 bits per heavy atom. The summed E-state index contributed by atoms with van der Waals surface area (Å²) in [5, 5.41) is 19.1. The van der Waals surface area contributed by atoms with Crippen molar-refractivity contribution >= 4 is 35.6 Å². The smallest absolute Gasteiger partial charge is 0.407 e. The Morgan fingerprint density at radius 1 is 0.607 bits per heavy atom. The maximum absolute atomic E-state index is 16.6. The van der Waals surface area contributed by atoms with Crippen LogP contribution in [0.15, 0.2) is 73.1 Å². The van der Waals surface area contributed by atoms with Crippen LogP contribution in [0.4, 0.5) is 56.3 Å². The quantitative estimate of drug-likeness (QED) is 0.0432. The number of aliphatic hydroxyl groups excluding tert-OH is 1. The standard InChI is InChI=1S/C61H75F8N11O9/c1-58(2,60(64,65)66)52(73-56(84)86-5)54(82)72-48(19-34-7-9-35(10-8-34)36-11-17-50(70-22-36)76-24-39-13-14-40(25-76)79(39)43-30-88-31-43)49(81)29-78(75-55(83)53(74-57(85)87-6)59(3,4)61(67,68)69)28-45-46(62)20-38(21-47(45)63)37-12-18-51(71-23-37)77-26-41-15-16-42(27-77)80(41)44-32-89-33-44/h7-12,17-18,20-23,39-44,48-49,52-53,81H,13-16,19,24-33H2,1-6H3,(H,72,82)(H,73,84)(H,74,85)(H,75,83)/t39?,40?,41?,42?,48-,49-,52?,53+/m0/s1. The fraction of sp³-hybridized carbons (Fsp3) is 0.574. The first-order chi connectivity index (χ1) is 42.1. The Labute approximate surface area is 509 Å². The Hall–Kier alpha value is -6.98. The van der Waals surface area contributed by atoms with Crippen molar-refractivity contribution in [1.29, 1.82) is 0 Å². The summed E-state index contributed by atoms with van der Waals surface area (Å²) in [6.07, 6.45) is -8.25. The van der Waals surface area contributed by atoms with Gasteiger partial charge in [0.15, 0.2) is 0 Å². The number of hydrogen-bond acceptors (Lipinski definition) is 16. The number of rotatable bonds is 21. The first-order valence-electron chi connectivity index (χ1n) is 29.7. The van der Waals surface area contributed by atoms with Crippen molar-refractivity contribution < 1.29 is 78.4 Å². The van der Waals surface area contributed by atoms with Crippen molar-refractivity contribution in [2.45, 2.75) is 139 Å². The van der Waals surface area contributed by atoms with Gasteiger partial charge in [0, 0.05) is 92.5 Å². The maximum Gasteiger partial charge on any atom is 0.407 e. The van der Waals surface area contributed by atoms with E-state index in [-0.39, 0.29) is 5.56 Å². The van der Waals surface area contributed by atoms with Gasteiger partial charge in [0.25, 0.3) is 5.91 Å². The minimum Gasteiger partial charge on any atom is -0.453 e. The van der Waals surface area contributed by atoms with Crippen LogP contribution >= 0.6 is 0 Å². The lowest BCUT2D eigenvalue weighted by atomic mass is 9.82. The van der Waals surface area contributed by atoms with Gasteiger partial charge in [-0.15, -0.1) is 0 Å². The van der Waals surface area contributed by atoms with E-state index in [1.807, 2.05) is 22.8 Å². The zero-order valence-electron chi connectivity index (χ0n) is 50.2. The van der Waals surface area contributed by atoms with Gasteiger partial charge < -0.3 is 49.8 Å². The second kappa shape index (κ2) is 26.1. The molecule has 6 saturated heterocycles. The van der Waals surface area contributed by atoms with Crippen LogP contribution in [-0.4, -0.2) is 200 Å². The van der Waals surface area contributed by atoms with Crippen molar-refractivity contribution in [2.24, 2.45) is 10.8 Å². The van der Waals surface area contributed by atoms with Crippen LogP contribution in [0.3, 0.4) is 0 Å². The molecule has 10 rings (SSSR count). The highest BCUT2D eigenvalue weighted by atomic mass is 19.4. The van der Waals surface area contributed by atoms with E-state index in [0.717, 1.165) is 103 Å². The summed E-state index contributed by atoms with van der Waals surface area (Å²) in [7, 11) is 1.69. The molecule has 89 heavy (non-hydrogen) atoms. The zero-order chi connectivity index (χ0) is 63.9. The number of nitrogens with zero attached hydrogens (tertiary/aromatic N) is 7. The summed E-state index contributed by atoms with van der Waals surface area (Å²) in [5.41, 5.74) is -2.55. The van der Waals surface area contributed by atoms with Crippen molar-refractivity contribution in [1.82, 2.24) is 46.2 Å². The molecule has 8 atom stereocenters. The fourth-order valence-electron chi connectivity index (χ4n) is 13.0. The van der Waals surface area contributed by atoms with Crippen LogP contribution in [0.5, 0.6) is 0 Å². The second-order valence-corrected chi connectivity index (χ2v) is 25.1. The molecule has 0 radical (unpaired) electrons. The van der Waals surface area contributed by atoms with Crippen LogP contribution < -0.4 is 31.2 Å². The van der Waals surface area contributed by atoms with Gasteiger partial charge in [0.1, 0.15) is 35.4 Å². The number of aliphatic hydroxyl groups is 1. The number of pyridine rings is 2. The molecule has 5 N–H and O–H groups in total. The molecule has 20 nitrogen and oxygen atoms in total. The molecule has 0 aliphatic carbocycles. The number of hydrazine groups is 1. The SMILES string of the molecule is COC(=O)NC(C(=O)N[C@@H](Cc1ccc(-c2ccc(N3CC4CCC(C3)N4C3COC3)nc2)cc1)[C@@H](O)CN(Cc1c(F)cc(-c2ccc(N3CC4CCC(C3)N4C3COC3)nc2)cc1F)NC(=O)[C@@H](NC(=O)OC)C(C)(C)C(F)(F)F)C(C)(C)C(F)(F)F. The topological polar surface area (TPSA) is 216 Å². The molecule has 484 valence electrons. The van der Waals surface area contributed by atoms with E-state index >= 15 is 8.78 Å². The number of alkyl carbamates (subject to hydrolysis) is 2. The van der Waals surface area contributed by atoms with Gasteiger partial charge in [-0.25, -0.2) is 33.3 Å². The Bertz CT molecular complexity index is 3120. The molecule has 28 heteroatoms. The molecule has 0 spiro atoms.